The lowest BCUT2D eigenvalue weighted by Crippen LogP contribution is -2.14. The molecule has 0 heterocycles. The molecule has 0 aliphatic heterocycles. The third-order valence-electron chi connectivity index (χ3n) is 4.02. The summed E-state index contributed by atoms with van der Waals surface area (Å²) in [6, 6.07) is 20.9. The summed E-state index contributed by atoms with van der Waals surface area (Å²) in [6.45, 7) is 0. The number of hydrogen-bond acceptors (Lipinski definition) is 4. The van der Waals surface area contributed by atoms with Crippen molar-refractivity contribution in [1.29, 1.82) is 5.26 Å². The van der Waals surface area contributed by atoms with Crippen molar-refractivity contribution in [3.05, 3.63) is 88.9 Å². The van der Waals surface area contributed by atoms with Gasteiger partial charge in [-0.15, -0.1) is 0 Å². The van der Waals surface area contributed by atoms with Crippen molar-refractivity contribution in [3.63, 3.8) is 0 Å². The fourth-order valence-electron chi connectivity index (χ4n) is 2.52. The maximum absolute atomic E-state index is 12.4. The minimum absolute atomic E-state index is 0.0866. The summed E-state index contributed by atoms with van der Waals surface area (Å²) in [4.78, 5) is 12.4. The SMILES string of the molecule is N#CCc1ccc(NC(=O)c2ccc(NS(=O)(=O)c3ccc(Cl)cc3)cc2)cc1. The maximum Gasteiger partial charge on any atom is 0.261 e. The van der Waals surface area contributed by atoms with Gasteiger partial charge in [0.25, 0.3) is 15.9 Å². The predicted molar refractivity (Wildman–Crippen MR) is 112 cm³/mol. The van der Waals surface area contributed by atoms with Gasteiger partial charge in [-0.3, -0.25) is 9.52 Å². The average Bonchev–Trinajstić information content (AvgIpc) is 2.70. The summed E-state index contributed by atoms with van der Waals surface area (Å²) >= 11 is 5.78. The molecule has 0 fully saturated rings. The first-order valence-electron chi connectivity index (χ1n) is 8.53. The van der Waals surface area contributed by atoms with Crippen LogP contribution in [0.2, 0.25) is 5.02 Å². The van der Waals surface area contributed by atoms with Gasteiger partial charge < -0.3 is 5.32 Å². The molecule has 1 amide bonds. The van der Waals surface area contributed by atoms with Crippen molar-refractivity contribution in [2.75, 3.05) is 10.0 Å². The van der Waals surface area contributed by atoms with E-state index < -0.39 is 10.0 Å². The number of nitrogens with zero attached hydrogens (tertiary/aromatic N) is 1. The second-order valence-electron chi connectivity index (χ2n) is 6.12. The van der Waals surface area contributed by atoms with E-state index in [4.69, 9.17) is 16.9 Å². The molecule has 6 nitrogen and oxygen atoms in total. The summed E-state index contributed by atoms with van der Waals surface area (Å²) in [5.41, 5.74) is 2.17. The molecule has 0 saturated heterocycles. The van der Waals surface area contributed by atoms with E-state index in [0.29, 0.717) is 28.4 Å². The van der Waals surface area contributed by atoms with Gasteiger partial charge in [0.2, 0.25) is 0 Å². The number of anilines is 2. The fraction of sp³-hybridized carbons (Fsp3) is 0.0476. The standard InChI is InChI=1S/C21H16ClN3O3S/c22-17-5-11-20(12-6-17)29(27,28)25-19-9-3-16(4-10-19)21(26)24-18-7-1-15(2-8-18)13-14-23/h1-12,25H,13H2,(H,24,26). The molecular weight excluding hydrogens is 410 g/mol. The number of benzene rings is 3. The summed E-state index contributed by atoms with van der Waals surface area (Å²) < 4.78 is 27.2. The number of rotatable bonds is 6. The summed E-state index contributed by atoms with van der Waals surface area (Å²) in [5.74, 6) is -0.329. The normalized spacial score (nSPS) is 10.8. The lowest BCUT2D eigenvalue weighted by atomic mass is 10.1. The first-order valence-corrected chi connectivity index (χ1v) is 10.4. The predicted octanol–water partition coefficient (Wildman–Crippen LogP) is 4.46. The monoisotopic (exact) mass is 425 g/mol. The van der Waals surface area contributed by atoms with Crippen molar-refractivity contribution in [3.8, 4) is 6.07 Å². The van der Waals surface area contributed by atoms with Crippen molar-refractivity contribution in [2.45, 2.75) is 11.3 Å². The Hall–Kier alpha value is -3.34. The van der Waals surface area contributed by atoms with Crippen LogP contribution in [0.1, 0.15) is 15.9 Å². The minimum atomic E-state index is -3.75. The van der Waals surface area contributed by atoms with Gasteiger partial charge in [-0.1, -0.05) is 23.7 Å². The number of carbonyl (C=O) groups excluding carboxylic acids is 1. The van der Waals surface area contributed by atoms with E-state index in [2.05, 4.69) is 16.1 Å². The Kier molecular flexibility index (Phi) is 6.17. The van der Waals surface area contributed by atoms with Gasteiger partial charge in [0.05, 0.1) is 17.4 Å². The van der Waals surface area contributed by atoms with E-state index in [-0.39, 0.29) is 10.8 Å². The first-order chi connectivity index (χ1) is 13.9. The van der Waals surface area contributed by atoms with Crippen LogP contribution >= 0.6 is 11.6 Å². The minimum Gasteiger partial charge on any atom is -0.322 e. The van der Waals surface area contributed by atoms with E-state index >= 15 is 0 Å². The second kappa shape index (κ2) is 8.78. The van der Waals surface area contributed by atoms with Crippen LogP contribution in [0, 0.1) is 11.3 Å². The fourth-order valence-corrected chi connectivity index (χ4v) is 3.70. The molecule has 0 radical (unpaired) electrons. The van der Waals surface area contributed by atoms with Crippen molar-refractivity contribution < 1.29 is 13.2 Å². The maximum atomic E-state index is 12.4. The average molecular weight is 426 g/mol. The van der Waals surface area contributed by atoms with Gasteiger partial charge in [0, 0.05) is 22.0 Å². The lowest BCUT2D eigenvalue weighted by molar-refractivity contribution is 0.102. The third kappa shape index (κ3) is 5.35. The number of sulfonamides is 1. The Morgan fingerprint density at radius 2 is 1.48 bits per heavy atom. The van der Waals surface area contributed by atoms with Crippen LogP contribution < -0.4 is 10.0 Å². The van der Waals surface area contributed by atoms with E-state index in [1.54, 1.807) is 24.3 Å². The Labute approximate surface area is 173 Å². The van der Waals surface area contributed by atoms with Crippen LogP contribution in [0.5, 0.6) is 0 Å². The van der Waals surface area contributed by atoms with Gasteiger partial charge in [-0.2, -0.15) is 5.26 Å². The zero-order valence-electron chi connectivity index (χ0n) is 15.1. The molecule has 0 aliphatic rings. The summed E-state index contributed by atoms with van der Waals surface area (Å²) in [7, 11) is -3.75. The molecule has 0 bridgehead atoms. The number of nitriles is 1. The van der Waals surface area contributed by atoms with E-state index in [1.165, 1.54) is 48.5 Å². The summed E-state index contributed by atoms with van der Waals surface area (Å²) in [6.07, 6.45) is 0.307. The van der Waals surface area contributed by atoms with Crippen LogP contribution in [-0.2, 0) is 16.4 Å². The molecule has 146 valence electrons. The number of halogens is 1. The van der Waals surface area contributed by atoms with Gasteiger partial charge in [-0.05, 0) is 66.2 Å². The van der Waals surface area contributed by atoms with E-state index in [9.17, 15) is 13.2 Å². The zero-order valence-corrected chi connectivity index (χ0v) is 16.7. The molecule has 0 saturated carbocycles. The molecular formula is C21H16ClN3O3S. The number of amides is 1. The largest absolute Gasteiger partial charge is 0.322 e. The molecule has 0 atom stereocenters. The van der Waals surface area contributed by atoms with Gasteiger partial charge in [-0.25, -0.2) is 8.42 Å². The van der Waals surface area contributed by atoms with E-state index in [0.717, 1.165) is 5.56 Å². The van der Waals surface area contributed by atoms with Crippen LogP contribution in [0.4, 0.5) is 11.4 Å². The van der Waals surface area contributed by atoms with E-state index in [1.807, 2.05) is 0 Å². The smallest absolute Gasteiger partial charge is 0.261 e. The van der Waals surface area contributed by atoms with Gasteiger partial charge >= 0.3 is 0 Å². The van der Waals surface area contributed by atoms with Crippen molar-refractivity contribution in [1.82, 2.24) is 0 Å². The quantitative estimate of drug-likeness (QED) is 0.609. The molecule has 2 N–H and O–H groups in total. The highest BCUT2D eigenvalue weighted by molar-refractivity contribution is 7.92. The topological polar surface area (TPSA) is 99.1 Å². The molecule has 0 spiro atoms. The molecule has 29 heavy (non-hydrogen) atoms. The van der Waals surface area contributed by atoms with Crippen LogP contribution in [0.3, 0.4) is 0 Å². The number of nitrogens with one attached hydrogen (secondary N) is 2. The number of hydrogen-bond donors (Lipinski definition) is 2. The van der Waals surface area contributed by atoms with Crippen LogP contribution in [-0.4, -0.2) is 14.3 Å². The first kappa shape index (κ1) is 20.4. The molecule has 8 heteroatoms. The molecule has 3 rings (SSSR count). The highest BCUT2D eigenvalue weighted by Gasteiger charge is 2.14. The molecule has 0 unspecified atom stereocenters. The van der Waals surface area contributed by atoms with Crippen LogP contribution in [0.15, 0.2) is 77.7 Å². The third-order valence-corrected chi connectivity index (χ3v) is 5.67. The van der Waals surface area contributed by atoms with Crippen LogP contribution in [0.25, 0.3) is 0 Å². The number of carbonyl (C=O) groups is 1. The Balaban J connectivity index is 1.67. The highest BCUT2D eigenvalue weighted by atomic mass is 35.5. The lowest BCUT2D eigenvalue weighted by Gasteiger charge is -2.09. The molecule has 0 aliphatic carbocycles. The summed E-state index contributed by atoms with van der Waals surface area (Å²) in [5, 5.41) is 11.9. The molecule has 0 aromatic heterocycles. The highest BCUT2D eigenvalue weighted by Crippen LogP contribution is 2.19. The van der Waals surface area contributed by atoms with Crippen molar-refractivity contribution >= 4 is 38.9 Å². The Morgan fingerprint density at radius 3 is 2.07 bits per heavy atom. The van der Waals surface area contributed by atoms with Crippen molar-refractivity contribution in [2.24, 2.45) is 0 Å². The zero-order chi connectivity index (χ0) is 20.9. The van der Waals surface area contributed by atoms with Gasteiger partial charge in [0.1, 0.15) is 0 Å². The molecule has 3 aromatic carbocycles. The molecule has 3 aromatic rings. The second-order valence-corrected chi connectivity index (χ2v) is 8.24. The Morgan fingerprint density at radius 1 is 0.897 bits per heavy atom. The van der Waals surface area contributed by atoms with Gasteiger partial charge in [0.15, 0.2) is 0 Å². The Bertz CT molecular complexity index is 1150.